The number of benzene rings is 1. The van der Waals surface area contributed by atoms with Gasteiger partial charge in [-0.2, -0.15) is 5.26 Å². The Morgan fingerprint density at radius 3 is 3.05 bits per heavy atom. The van der Waals surface area contributed by atoms with Crippen molar-refractivity contribution >= 4 is 11.4 Å². The van der Waals surface area contributed by atoms with Gasteiger partial charge in [0.15, 0.2) is 0 Å². The predicted octanol–water partition coefficient (Wildman–Crippen LogP) is 2.30. The highest BCUT2D eigenvalue weighted by Crippen LogP contribution is 2.26. The Labute approximate surface area is 111 Å². The highest BCUT2D eigenvalue weighted by Gasteiger charge is 2.17. The summed E-state index contributed by atoms with van der Waals surface area (Å²) in [5.41, 5.74) is 0.821. The summed E-state index contributed by atoms with van der Waals surface area (Å²) in [5.74, 6) is 0.519. The average molecular weight is 261 g/mol. The minimum absolute atomic E-state index is 0.00155. The Bertz CT molecular complexity index is 504. The minimum Gasteiger partial charge on any atom is -0.381 e. The number of rotatable bonds is 5. The van der Waals surface area contributed by atoms with Crippen LogP contribution < -0.4 is 5.32 Å². The van der Waals surface area contributed by atoms with Gasteiger partial charge in [-0.05, 0) is 30.9 Å². The highest BCUT2D eigenvalue weighted by atomic mass is 16.6. The van der Waals surface area contributed by atoms with E-state index in [9.17, 15) is 10.1 Å². The Morgan fingerprint density at radius 2 is 2.42 bits per heavy atom. The second-order valence-electron chi connectivity index (χ2n) is 4.55. The van der Waals surface area contributed by atoms with Crippen LogP contribution in [0.2, 0.25) is 0 Å². The van der Waals surface area contributed by atoms with Crippen molar-refractivity contribution < 1.29 is 9.66 Å². The number of nitro groups is 1. The lowest BCUT2D eigenvalue weighted by Gasteiger charge is -2.10. The van der Waals surface area contributed by atoms with E-state index in [-0.39, 0.29) is 5.69 Å². The second-order valence-corrected chi connectivity index (χ2v) is 4.55. The molecule has 1 saturated heterocycles. The van der Waals surface area contributed by atoms with Gasteiger partial charge in [0.1, 0.15) is 5.69 Å². The Kier molecular flexibility index (Phi) is 4.31. The first kappa shape index (κ1) is 13.3. The molecule has 1 N–H and O–H groups in total. The van der Waals surface area contributed by atoms with Crippen LogP contribution in [0.4, 0.5) is 11.4 Å². The predicted molar refractivity (Wildman–Crippen MR) is 69.8 cm³/mol. The molecule has 1 atom stereocenters. The van der Waals surface area contributed by atoms with E-state index in [1.54, 1.807) is 0 Å². The van der Waals surface area contributed by atoms with E-state index in [1.807, 2.05) is 6.07 Å². The van der Waals surface area contributed by atoms with E-state index in [4.69, 9.17) is 10.00 Å². The van der Waals surface area contributed by atoms with Crippen LogP contribution >= 0.6 is 0 Å². The number of ether oxygens (including phenoxy) is 1. The molecule has 1 fully saturated rings. The molecular formula is C13H15N3O3. The summed E-state index contributed by atoms with van der Waals surface area (Å²) in [6.07, 6.45) is 1.95. The number of hydrogen-bond acceptors (Lipinski definition) is 5. The summed E-state index contributed by atoms with van der Waals surface area (Å²) < 4.78 is 5.28. The molecular weight excluding hydrogens is 246 g/mol. The number of anilines is 1. The van der Waals surface area contributed by atoms with E-state index in [2.05, 4.69) is 5.32 Å². The molecule has 0 unspecified atom stereocenters. The first-order chi connectivity index (χ1) is 9.20. The summed E-state index contributed by atoms with van der Waals surface area (Å²) in [6.45, 7) is 2.21. The zero-order valence-electron chi connectivity index (χ0n) is 10.5. The first-order valence-corrected chi connectivity index (χ1v) is 6.21. The maximum Gasteiger partial charge on any atom is 0.292 e. The van der Waals surface area contributed by atoms with Gasteiger partial charge >= 0.3 is 0 Å². The van der Waals surface area contributed by atoms with Gasteiger partial charge in [0.05, 0.1) is 16.6 Å². The van der Waals surface area contributed by atoms with Gasteiger partial charge in [-0.15, -0.1) is 0 Å². The van der Waals surface area contributed by atoms with E-state index in [1.165, 1.54) is 18.2 Å². The molecule has 1 aliphatic heterocycles. The topological polar surface area (TPSA) is 88.2 Å². The van der Waals surface area contributed by atoms with E-state index >= 15 is 0 Å². The standard InChI is InChI=1S/C13H15N3O3/c14-8-11-1-2-13(16(17)18)12(7-11)15-5-3-10-4-6-19-9-10/h1-2,7,10,15H,3-6,9H2/t10-/m0/s1. The fourth-order valence-electron chi connectivity index (χ4n) is 2.13. The summed E-state index contributed by atoms with van der Waals surface area (Å²) in [7, 11) is 0. The molecule has 0 bridgehead atoms. The van der Waals surface area contributed by atoms with Gasteiger partial charge in [0.2, 0.25) is 0 Å². The van der Waals surface area contributed by atoms with Crippen molar-refractivity contribution in [3.63, 3.8) is 0 Å². The lowest BCUT2D eigenvalue weighted by Crippen LogP contribution is -2.10. The van der Waals surface area contributed by atoms with Crippen LogP contribution in [0.3, 0.4) is 0 Å². The third-order valence-electron chi connectivity index (χ3n) is 3.21. The van der Waals surface area contributed by atoms with Crippen LogP contribution in [-0.4, -0.2) is 24.7 Å². The van der Waals surface area contributed by atoms with Crippen LogP contribution in [0.25, 0.3) is 0 Å². The molecule has 1 aromatic carbocycles. The van der Waals surface area contributed by atoms with Gasteiger partial charge in [0.25, 0.3) is 5.69 Å². The lowest BCUT2D eigenvalue weighted by molar-refractivity contribution is -0.384. The van der Waals surface area contributed by atoms with Crippen molar-refractivity contribution in [1.82, 2.24) is 0 Å². The molecule has 0 aliphatic carbocycles. The van der Waals surface area contributed by atoms with Crippen LogP contribution in [0.15, 0.2) is 18.2 Å². The molecule has 1 heterocycles. The number of nitro benzene ring substituents is 1. The van der Waals surface area contributed by atoms with Crippen LogP contribution in [-0.2, 0) is 4.74 Å². The highest BCUT2D eigenvalue weighted by molar-refractivity contribution is 5.64. The Balaban J connectivity index is 2.00. The second kappa shape index (κ2) is 6.16. The van der Waals surface area contributed by atoms with E-state index < -0.39 is 4.92 Å². The van der Waals surface area contributed by atoms with Gasteiger partial charge in [0, 0.05) is 25.8 Å². The SMILES string of the molecule is N#Cc1ccc([N+](=O)[O-])c(NCC[C@H]2CCOC2)c1. The molecule has 0 amide bonds. The molecule has 1 aromatic rings. The molecule has 1 aliphatic rings. The Hall–Kier alpha value is -2.13. The first-order valence-electron chi connectivity index (χ1n) is 6.21. The van der Waals surface area contributed by atoms with Gasteiger partial charge < -0.3 is 10.1 Å². The molecule has 6 heteroatoms. The number of hydrogen-bond donors (Lipinski definition) is 1. The average Bonchev–Trinajstić information content (AvgIpc) is 2.91. The summed E-state index contributed by atoms with van der Waals surface area (Å²) >= 11 is 0. The smallest absolute Gasteiger partial charge is 0.292 e. The fraction of sp³-hybridized carbons (Fsp3) is 0.462. The molecule has 0 spiro atoms. The van der Waals surface area contributed by atoms with Crippen molar-refractivity contribution in [2.75, 3.05) is 25.1 Å². The van der Waals surface area contributed by atoms with Crippen molar-refractivity contribution in [3.8, 4) is 6.07 Å². The van der Waals surface area contributed by atoms with Gasteiger partial charge in [-0.25, -0.2) is 0 Å². The van der Waals surface area contributed by atoms with Crippen LogP contribution in [0.1, 0.15) is 18.4 Å². The van der Waals surface area contributed by atoms with Crippen LogP contribution in [0.5, 0.6) is 0 Å². The summed E-state index contributed by atoms with van der Waals surface area (Å²) in [5, 5.41) is 22.8. The molecule has 100 valence electrons. The van der Waals surface area contributed by atoms with E-state index in [0.29, 0.717) is 23.7 Å². The lowest BCUT2D eigenvalue weighted by atomic mass is 10.1. The van der Waals surface area contributed by atoms with Crippen molar-refractivity contribution in [2.45, 2.75) is 12.8 Å². The molecule has 19 heavy (non-hydrogen) atoms. The van der Waals surface area contributed by atoms with Crippen molar-refractivity contribution in [1.29, 1.82) is 5.26 Å². The zero-order valence-corrected chi connectivity index (χ0v) is 10.5. The number of nitriles is 1. The molecule has 0 aromatic heterocycles. The normalized spacial score (nSPS) is 17.9. The molecule has 6 nitrogen and oxygen atoms in total. The third kappa shape index (κ3) is 3.42. The Morgan fingerprint density at radius 1 is 1.58 bits per heavy atom. The monoisotopic (exact) mass is 261 g/mol. The van der Waals surface area contributed by atoms with Crippen molar-refractivity contribution in [3.05, 3.63) is 33.9 Å². The summed E-state index contributed by atoms with van der Waals surface area (Å²) in [6, 6.07) is 6.31. The summed E-state index contributed by atoms with van der Waals surface area (Å²) in [4.78, 5) is 10.5. The van der Waals surface area contributed by atoms with Gasteiger partial charge in [-0.1, -0.05) is 0 Å². The fourth-order valence-corrected chi connectivity index (χ4v) is 2.13. The van der Waals surface area contributed by atoms with E-state index in [0.717, 1.165) is 26.1 Å². The van der Waals surface area contributed by atoms with Crippen LogP contribution in [0, 0.1) is 27.4 Å². The maximum atomic E-state index is 10.9. The molecule has 0 saturated carbocycles. The molecule has 0 radical (unpaired) electrons. The maximum absolute atomic E-state index is 10.9. The largest absolute Gasteiger partial charge is 0.381 e. The minimum atomic E-state index is -0.442. The number of nitrogens with one attached hydrogen (secondary N) is 1. The number of nitrogens with zero attached hydrogens (tertiary/aromatic N) is 2. The quantitative estimate of drug-likeness (QED) is 0.649. The van der Waals surface area contributed by atoms with Gasteiger partial charge in [-0.3, -0.25) is 10.1 Å². The third-order valence-corrected chi connectivity index (χ3v) is 3.21. The van der Waals surface area contributed by atoms with Crippen molar-refractivity contribution in [2.24, 2.45) is 5.92 Å². The molecule has 2 rings (SSSR count). The zero-order chi connectivity index (χ0) is 13.7.